The van der Waals surface area contributed by atoms with Crippen molar-refractivity contribution in [3.05, 3.63) is 12.7 Å². The molecule has 8 heteroatoms. The smallest absolute Gasteiger partial charge is 0.330 e. The van der Waals surface area contributed by atoms with Crippen LogP contribution in [0.4, 0.5) is 0 Å². The molecule has 0 radical (unpaired) electrons. The number of carbonyl (C=O) groups excluding carboxylic acids is 3. The van der Waals surface area contributed by atoms with Gasteiger partial charge in [-0.1, -0.05) is 45.6 Å². The number of carbonyl (C=O) groups is 3. The first-order chi connectivity index (χ1) is 16.2. The van der Waals surface area contributed by atoms with Gasteiger partial charge in [0.05, 0.1) is 32.7 Å². The van der Waals surface area contributed by atoms with Crippen LogP contribution in [0.1, 0.15) is 91.4 Å². The van der Waals surface area contributed by atoms with E-state index >= 15 is 0 Å². The van der Waals surface area contributed by atoms with Gasteiger partial charge in [-0.3, -0.25) is 14.5 Å². The zero-order chi connectivity index (χ0) is 25.7. The van der Waals surface area contributed by atoms with E-state index in [9.17, 15) is 19.5 Å². The van der Waals surface area contributed by atoms with Crippen LogP contribution in [0.15, 0.2) is 12.7 Å². The third kappa shape index (κ3) is 19.5. The van der Waals surface area contributed by atoms with E-state index < -0.39 is 11.6 Å². The van der Waals surface area contributed by atoms with Crippen molar-refractivity contribution >= 4 is 17.9 Å². The maximum Gasteiger partial charge on any atom is 0.330 e. The van der Waals surface area contributed by atoms with Gasteiger partial charge in [-0.2, -0.15) is 0 Å². The standard InChI is InChI=1S/C26H47NO7/c1-5-7-8-12-22-33-24(30)14-17-27(19-20-28)18-15-25(31)34-26(3,4)16-11-9-10-13-21-32-23(29)6-2/h6,28H,2,5,7-22H2,1,3-4H3. The Balaban J connectivity index is 4.08. The van der Waals surface area contributed by atoms with Crippen molar-refractivity contribution in [2.24, 2.45) is 0 Å². The normalized spacial score (nSPS) is 11.3. The number of nitrogens with zero attached hydrogens (tertiary/aromatic N) is 1. The second kappa shape index (κ2) is 20.4. The third-order valence-electron chi connectivity index (χ3n) is 5.42. The van der Waals surface area contributed by atoms with Crippen molar-refractivity contribution in [3.63, 3.8) is 0 Å². The average molecular weight is 486 g/mol. The Bertz CT molecular complexity index is 577. The second-order valence-electron chi connectivity index (χ2n) is 9.12. The third-order valence-corrected chi connectivity index (χ3v) is 5.42. The second-order valence-corrected chi connectivity index (χ2v) is 9.12. The van der Waals surface area contributed by atoms with Crippen LogP contribution in [-0.4, -0.2) is 73.0 Å². The fourth-order valence-corrected chi connectivity index (χ4v) is 3.41. The Morgan fingerprint density at radius 2 is 1.44 bits per heavy atom. The summed E-state index contributed by atoms with van der Waals surface area (Å²) in [4.78, 5) is 37.1. The van der Waals surface area contributed by atoms with E-state index in [-0.39, 0.29) is 31.4 Å². The van der Waals surface area contributed by atoms with Gasteiger partial charge in [0, 0.05) is 25.7 Å². The number of unbranched alkanes of at least 4 members (excludes halogenated alkanes) is 6. The summed E-state index contributed by atoms with van der Waals surface area (Å²) >= 11 is 0. The number of hydrogen-bond acceptors (Lipinski definition) is 8. The summed E-state index contributed by atoms with van der Waals surface area (Å²) in [6.07, 6.45) is 10.2. The molecule has 0 bridgehead atoms. The fraction of sp³-hybridized carbons (Fsp3) is 0.808. The molecule has 0 aromatic rings. The molecule has 0 aliphatic heterocycles. The van der Waals surface area contributed by atoms with E-state index in [2.05, 4.69) is 13.5 Å². The van der Waals surface area contributed by atoms with Gasteiger partial charge < -0.3 is 19.3 Å². The molecule has 198 valence electrons. The molecule has 0 amide bonds. The van der Waals surface area contributed by atoms with Crippen LogP contribution in [0.5, 0.6) is 0 Å². The zero-order valence-electron chi connectivity index (χ0n) is 21.6. The lowest BCUT2D eigenvalue weighted by Gasteiger charge is -2.26. The molecule has 0 aliphatic rings. The summed E-state index contributed by atoms with van der Waals surface area (Å²) in [6, 6.07) is 0. The maximum atomic E-state index is 12.3. The van der Waals surface area contributed by atoms with E-state index in [0.717, 1.165) is 63.9 Å². The van der Waals surface area contributed by atoms with Gasteiger partial charge in [0.1, 0.15) is 5.60 Å². The lowest BCUT2D eigenvalue weighted by Crippen LogP contribution is -2.34. The minimum Gasteiger partial charge on any atom is -0.466 e. The molecule has 8 nitrogen and oxygen atoms in total. The van der Waals surface area contributed by atoms with E-state index in [1.54, 1.807) is 0 Å². The van der Waals surface area contributed by atoms with Gasteiger partial charge in [0.25, 0.3) is 0 Å². The molecule has 0 aromatic carbocycles. The number of rotatable bonds is 22. The number of aliphatic hydroxyl groups is 1. The lowest BCUT2D eigenvalue weighted by molar-refractivity contribution is -0.157. The Labute approximate surface area is 206 Å². The predicted octanol–water partition coefficient (Wildman–Crippen LogP) is 4.19. The molecular formula is C26H47NO7. The maximum absolute atomic E-state index is 12.3. The molecule has 0 heterocycles. The topological polar surface area (TPSA) is 102 Å². The fourth-order valence-electron chi connectivity index (χ4n) is 3.41. The van der Waals surface area contributed by atoms with E-state index in [4.69, 9.17) is 14.2 Å². The molecule has 0 aromatic heterocycles. The molecule has 0 rings (SSSR count). The van der Waals surface area contributed by atoms with Crippen molar-refractivity contribution in [1.29, 1.82) is 0 Å². The summed E-state index contributed by atoms with van der Waals surface area (Å²) in [5.74, 6) is -0.937. The Morgan fingerprint density at radius 3 is 2.06 bits per heavy atom. The molecule has 0 fully saturated rings. The number of ether oxygens (including phenoxy) is 3. The minimum absolute atomic E-state index is 0.0423. The quantitative estimate of drug-likeness (QED) is 0.105. The number of hydrogen-bond donors (Lipinski definition) is 1. The van der Waals surface area contributed by atoms with Crippen molar-refractivity contribution in [1.82, 2.24) is 4.90 Å². The highest BCUT2D eigenvalue weighted by atomic mass is 16.6. The van der Waals surface area contributed by atoms with Crippen LogP contribution < -0.4 is 0 Å². The summed E-state index contributed by atoms with van der Waals surface area (Å²) in [5.41, 5.74) is -0.560. The average Bonchev–Trinajstić information content (AvgIpc) is 2.79. The molecule has 1 N–H and O–H groups in total. The molecular weight excluding hydrogens is 438 g/mol. The van der Waals surface area contributed by atoms with E-state index in [0.29, 0.717) is 32.8 Å². The van der Waals surface area contributed by atoms with Crippen molar-refractivity contribution in [2.45, 2.75) is 97.0 Å². The predicted molar refractivity (Wildman–Crippen MR) is 132 cm³/mol. The highest BCUT2D eigenvalue weighted by Crippen LogP contribution is 2.20. The van der Waals surface area contributed by atoms with Crippen molar-refractivity contribution < 1.29 is 33.7 Å². The Morgan fingerprint density at radius 1 is 0.853 bits per heavy atom. The summed E-state index contributed by atoms with van der Waals surface area (Å²) in [5, 5.41) is 9.29. The van der Waals surface area contributed by atoms with Gasteiger partial charge in [-0.15, -0.1) is 0 Å². The lowest BCUT2D eigenvalue weighted by atomic mass is 10.00. The summed E-state index contributed by atoms with van der Waals surface area (Å²) < 4.78 is 15.8. The van der Waals surface area contributed by atoms with Crippen LogP contribution >= 0.6 is 0 Å². The van der Waals surface area contributed by atoms with E-state index in [1.807, 2.05) is 18.7 Å². The van der Waals surface area contributed by atoms with Gasteiger partial charge in [-0.25, -0.2) is 4.79 Å². The molecule has 34 heavy (non-hydrogen) atoms. The molecule has 0 atom stereocenters. The summed E-state index contributed by atoms with van der Waals surface area (Å²) in [6.45, 7) is 11.3. The minimum atomic E-state index is -0.560. The Kier molecular flexibility index (Phi) is 19.3. The van der Waals surface area contributed by atoms with Crippen LogP contribution in [0.2, 0.25) is 0 Å². The summed E-state index contributed by atoms with van der Waals surface area (Å²) in [7, 11) is 0. The van der Waals surface area contributed by atoms with Gasteiger partial charge >= 0.3 is 17.9 Å². The Hall–Kier alpha value is -1.93. The van der Waals surface area contributed by atoms with Crippen LogP contribution in [0, 0.1) is 0 Å². The van der Waals surface area contributed by atoms with Crippen LogP contribution in [0.3, 0.4) is 0 Å². The van der Waals surface area contributed by atoms with Crippen LogP contribution in [-0.2, 0) is 28.6 Å². The van der Waals surface area contributed by atoms with Gasteiger partial charge in [0.2, 0.25) is 0 Å². The van der Waals surface area contributed by atoms with Gasteiger partial charge in [-0.05, 0) is 39.5 Å². The van der Waals surface area contributed by atoms with Gasteiger partial charge in [0.15, 0.2) is 0 Å². The largest absolute Gasteiger partial charge is 0.466 e. The highest BCUT2D eigenvalue weighted by molar-refractivity contribution is 5.81. The molecule has 0 saturated heterocycles. The first-order valence-corrected chi connectivity index (χ1v) is 12.7. The molecule has 0 spiro atoms. The van der Waals surface area contributed by atoms with Crippen LogP contribution in [0.25, 0.3) is 0 Å². The van der Waals surface area contributed by atoms with Crippen molar-refractivity contribution in [3.8, 4) is 0 Å². The molecule has 0 aliphatic carbocycles. The first-order valence-electron chi connectivity index (χ1n) is 12.7. The number of aliphatic hydroxyl groups excluding tert-OH is 1. The first kappa shape index (κ1) is 32.1. The van der Waals surface area contributed by atoms with Crippen molar-refractivity contribution in [2.75, 3.05) is 39.5 Å². The molecule has 0 saturated carbocycles. The molecule has 0 unspecified atom stereocenters. The SMILES string of the molecule is C=CC(=O)OCCCCCCC(C)(C)OC(=O)CCN(CCO)CCC(=O)OCCCCCC. The zero-order valence-corrected chi connectivity index (χ0v) is 21.6. The van der Waals surface area contributed by atoms with E-state index in [1.165, 1.54) is 0 Å². The highest BCUT2D eigenvalue weighted by Gasteiger charge is 2.22. The number of esters is 3. The monoisotopic (exact) mass is 485 g/mol.